The summed E-state index contributed by atoms with van der Waals surface area (Å²) in [6.45, 7) is 0.389. The van der Waals surface area contributed by atoms with E-state index >= 15 is 0 Å². The molecule has 24 heavy (non-hydrogen) atoms. The van der Waals surface area contributed by atoms with E-state index < -0.39 is 12.0 Å². The molecule has 0 radical (unpaired) electrons. The van der Waals surface area contributed by atoms with E-state index in [1.807, 2.05) is 24.3 Å². The third kappa shape index (κ3) is 3.55. The topological polar surface area (TPSA) is 87.2 Å². The van der Waals surface area contributed by atoms with Crippen molar-refractivity contribution in [1.82, 2.24) is 15.3 Å². The number of imidazole rings is 1. The number of carbonyl (C=O) groups excluding carboxylic acids is 1. The summed E-state index contributed by atoms with van der Waals surface area (Å²) in [6.07, 6.45) is -0.665. The van der Waals surface area contributed by atoms with Gasteiger partial charge in [0.1, 0.15) is 11.6 Å². The standard InChI is InChI=1S/C18H19N3O3/c1-24-13-6-4-5-12(11-13)17(22)18(23)19-10-9-16-20-14-7-2-3-8-15(14)21-16/h2-8,11,17,22H,9-10H2,1H3,(H,19,23)(H,20,21). The van der Waals surface area contributed by atoms with Gasteiger partial charge < -0.3 is 20.1 Å². The lowest BCUT2D eigenvalue weighted by Gasteiger charge is -2.12. The summed E-state index contributed by atoms with van der Waals surface area (Å²) >= 11 is 0. The molecule has 3 rings (SSSR count). The molecule has 6 heteroatoms. The maximum absolute atomic E-state index is 12.1. The molecule has 1 heterocycles. The predicted octanol–water partition coefficient (Wildman–Crippen LogP) is 1.96. The molecule has 3 N–H and O–H groups in total. The maximum atomic E-state index is 12.1. The Kier molecular flexibility index (Phi) is 4.77. The minimum absolute atomic E-state index is 0.389. The van der Waals surface area contributed by atoms with Crippen LogP contribution in [0.15, 0.2) is 48.5 Å². The molecular weight excluding hydrogens is 306 g/mol. The van der Waals surface area contributed by atoms with Gasteiger partial charge in [-0.1, -0.05) is 24.3 Å². The molecule has 0 saturated heterocycles. The van der Waals surface area contributed by atoms with Gasteiger partial charge in [0.15, 0.2) is 6.10 Å². The highest BCUT2D eigenvalue weighted by Crippen LogP contribution is 2.19. The fraction of sp³-hybridized carbons (Fsp3) is 0.222. The average molecular weight is 325 g/mol. The third-order valence-corrected chi connectivity index (χ3v) is 3.76. The minimum Gasteiger partial charge on any atom is -0.497 e. The van der Waals surface area contributed by atoms with Crippen LogP contribution in [0, 0.1) is 0 Å². The Labute approximate surface area is 139 Å². The van der Waals surface area contributed by atoms with E-state index in [-0.39, 0.29) is 0 Å². The SMILES string of the molecule is COc1cccc(C(O)C(=O)NCCc2nc3ccccc3[nH]2)c1. The summed E-state index contributed by atoms with van der Waals surface area (Å²) in [5, 5.41) is 12.9. The molecule has 0 bridgehead atoms. The molecule has 0 aliphatic carbocycles. The Hall–Kier alpha value is -2.86. The maximum Gasteiger partial charge on any atom is 0.253 e. The highest BCUT2D eigenvalue weighted by atomic mass is 16.5. The summed E-state index contributed by atoms with van der Waals surface area (Å²) in [7, 11) is 1.54. The van der Waals surface area contributed by atoms with Gasteiger partial charge in [0.25, 0.3) is 5.91 Å². The van der Waals surface area contributed by atoms with Crippen LogP contribution in [0.2, 0.25) is 0 Å². The molecule has 0 aliphatic heterocycles. The molecule has 0 saturated carbocycles. The summed E-state index contributed by atoms with van der Waals surface area (Å²) in [6, 6.07) is 14.6. The van der Waals surface area contributed by atoms with Gasteiger partial charge in [-0.2, -0.15) is 0 Å². The summed E-state index contributed by atoms with van der Waals surface area (Å²) < 4.78 is 5.10. The van der Waals surface area contributed by atoms with E-state index in [0.29, 0.717) is 24.3 Å². The number of H-pyrrole nitrogens is 1. The number of amides is 1. The van der Waals surface area contributed by atoms with Gasteiger partial charge in [0.05, 0.1) is 18.1 Å². The molecule has 1 aromatic heterocycles. The van der Waals surface area contributed by atoms with E-state index in [2.05, 4.69) is 15.3 Å². The van der Waals surface area contributed by atoms with Crippen molar-refractivity contribution >= 4 is 16.9 Å². The van der Waals surface area contributed by atoms with E-state index in [1.165, 1.54) is 0 Å². The van der Waals surface area contributed by atoms with Crippen molar-refractivity contribution in [3.05, 3.63) is 59.9 Å². The summed E-state index contributed by atoms with van der Waals surface area (Å²) in [4.78, 5) is 19.7. The second kappa shape index (κ2) is 7.14. The summed E-state index contributed by atoms with van der Waals surface area (Å²) in [5.74, 6) is 0.952. The number of methoxy groups -OCH3 is 1. The highest BCUT2D eigenvalue weighted by molar-refractivity contribution is 5.82. The Bertz CT molecular complexity index is 811. The largest absolute Gasteiger partial charge is 0.497 e. The molecule has 0 fully saturated rings. The Balaban J connectivity index is 1.56. The number of rotatable bonds is 6. The zero-order valence-electron chi connectivity index (χ0n) is 13.3. The number of hydrogen-bond donors (Lipinski definition) is 3. The van der Waals surface area contributed by atoms with Crippen LogP contribution in [0.5, 0.6) is 5.75 Å². The quantitative estimate of drug-likeness (QED) is 0.646. The van der Waals surface area contributed by atoms with E-state index in [4.69, 9.17) is 4.74 Å². The van der Waals surface area contributed by atoms with Crippen molar-refractivity contribution in [3.63, 3.8) is 0 Å². The number of nitrogens with zero attached hydrogens (tertiary/aromatic N) is 1. The van der Waals surface area contributed by atoms with Crippen LogP contribution in [-0.4, -0.2) is 34.6 Å². The first kappa shape index (κ1) is 16.0. The van der Waals surface area contributed by atoms with Crippen molar-refractivity contribution < 1.29 is 14.6 Å². The number of hydrogen-bond acceptors (Lipinski definition) is 4. The molecule has 1 atom stereocenters. The molecule has 1 unspecified atom stereocenters. The number of aliphatic hydroxyl groups is 1. The molecule has 2 aromatic carbocycles. The van der Waals surface area contributed by atoms with Crippen LogP contribution in [0.3, 0.4) is 0 Å². The average Bonchev–Trinajstić information content (AvgIpc) is 3.03. The number of benzene rings is 2. The van der Waals surface area contributed by atoms with Gasteiger partial charge in [-0.05, 0) is 29.8 Å². The van der Waals surface area contributed by atoms with Crippen LogP contribution in [0.1, 0.15) is 17.5 Å². The van der Waals surface area contributed by atoms with Gasteiger partial charge >= 0.3 is 0 Å². The normalized spacial score (nSPS) is 12.1. The number of aromatic amines is 1. The number of fused-ring (bicyclic) bond motifs is 1. The molecular formula is C18H19N3O3. The first-order valence-electron chi connectivity index (χ1n) is 7.71. The molecule has 0 aliphatic rings. The van der Waals surface area contributed by atoms with Crippen LogP contribution < -0.4 is 10.1 Å². The molecule has 1 amide bonds. The van der Waals surface area contributed by atoms with Gasteiger partial charge in [-0.25, -0.2) is 4.98 Å². The van der Waals surface area contributed by atoms with Gasteiger partial charge in [-0.3, -0.25) is 4.79 Å². The van der Waals surface area contributed by atoms with Crippen LogP contribution in [-0.2, 0) is 11.2 Å². The fourth-order valence-corrected chi connectivity index (χ4v) is 2.49. The Morgan fingerprint density at radius 3 is 2.92 bits per heavy atom. The zero-order valence-corrected chi connectivity index (χ0v) is 13.3. The Morgan fingerprint density at radius 2 is 2.12 bits per heavy atom. The zero-order chi connectivity index (χ0) is 16.9. The number of carbonyl (C=O) groups is 1. The minimum atomic E-state index is -1.23. The number of para-hydroxylation sites is 2. The molecule has 0 spiro atoms. The first-order valence-corrected chi connectivity index (χ1v) is 7.71. The van der Waals surface area contributed by atoms with Gasteiger partial charge in [-0.15, -0.1) is 0 Å². The van der Waals surface area contributed by atoms with E-state index in [0.717, 1.165) is 16.9 Å². The lowest BCUT2D eigenvalue weighted by atomic mass is 10.1. The second-order valence-electron chi connectivity index (χ2n) is 5.42. The van der Waals surface area contributed by atoms with Crippen molar-refractivity contribution in [2.75, 3.05) is 13.7 Å². The monoisotopic (exact) mass is 325 g/mol. The van der Waals surface area contributed by atoms with Crippen LogP contribution in [0.25, 0.3) is 11.0 Å². The Morgan fingerprint density at radius 1 is 1.29 bits per heavy atom. The predicted molar refractivity (Wildman–Crippen MR) is 90.8 cm³/mol. The second-order valence-corrected chi connectivity index (χ2v) is 5.42. The smallest absolute Gasteiger partial charge is 0.253 e. The van der Waals surface area contributed by atoms with Crippen LogP contribution >= 0.6 is 0 Å². The van der Waals surface area contributed by atoms with Crippen molar-refractivity contribution in [1.29, 1.82) is 0 Å². The van der Waals surface area contributed by atoms with Crippen molar-refractivity contribution in [2.45, 2.75) is 12.5 Å². The van der Waals surface area contributed by atoms with Gasteiger partial charge in [0.2, 0.25) is 0 Å². The molecule has 3 aromatic rings. The summed E-state index contributed by atoms with van der Waals surface area (Å²) in [5.41, 5.74) is 2.36. The van der Waals surface area contributed by atoms with E-state index in [9.17, 15) is 9.90 Å². The fourth-order valence-electron chi connectivity index (χ4n) is 2.49. The number of aliphatic hydroxyl groups excluding tert-OH is 1. The van der Waals surface area contributed by atoms with Crippen molar-refractivity contribution in [2.24, 2.45) is 0 Å². The highest BCUT2D eigenvalue weighted by Gasteiger charge is 2.17. The molecule has 124 valence electrons. The van der Waals surface area contributed by atoms with Crippen LogP contribution in [0.4, 0.5) is 0 Å². The lowest BCUT2D eigenvalue weighted by molar-refractivity contribution is -0.129. The van der Waals surface area contributed by atoms with E-state index in [1.54, 1.807) is 31.4 Å². The van der Waals surface area contributed by atoms with Gasteiger partial charge in [0, 0.05) is 13.0 Å². The molecule has 6 nitrogen and oxygen atoms in total. The number of aromatic nitrogens is 2. The number of nitrogens with one attached hydrogen (secondary N) is 2. The lowest BCUT2D eigenvalue weighted by Crippen LogP contribution is -2.31. The number of ether oxygens (including phenoxy) is 1. The first-order chi connectivity index (χ1) is 11.7. The van der Waals surface area contributed by atoms with Crippen molar-refractivity contribution in [3.8, 4) is 5.75 Å². The third-order valence-electron chi connectivity index (χ3n) is 3.76.